The van der Waals surface area contributed by atoms with Gasteiger partial charge in [0.25, 0.3) is 0 Å². The van der Waals surface area contributed by atoms with E-state index in [9.17, 15) is 0 Å². The van der Waals surface area contributed by atoms with Crippen LogP contribution in [0.3, 0.4) is 0 Å². The van der Waals surface area contributed by atoms with Crippen molar-refractivity contribution in [3.05, 3.63) is 0 Å². The van der Waals surface area contributed by atoms with E-state index in [2.05, 4.69) is 27.7 Å². The van der Waals surface area contributed by atoms with Gasteiger partial charge in [0.15, 0.2) is 8.32 Å². The molecule has 6 heteroatoms. The van der Waals surface area contributed by atoms with Crippen LogP contribution in [0.2, 0.25) is 17.3 Å². The highest BCUT2D eigenvalue weighted by molar-refractivity contribution is 6.89. The van der Waals surface area contributed by atoms with Gasteiger partial charge in [-0.1, -0.05) is 40.0 Å². The Hall–Kier alpha value is 0.274. The molecule has 4 nitrogen and oxygen atoms in total. The standard InChI is InChI=1S/C18H42O4Si2/c1-8-15-16-17-18(23(13-6,14-7)19-9-2)24(20-10-3,21-11-4)22-12-5/h18H,8-17H2,1-7H3. The molecule has 0 amide bonds. The summed E-state index contributed by atoms with van der Waals surface area (Å²) in [5, 5.41) is 0.325. The first kappa shape index (κ1) is 24.3. The normalized spacial score (nSPS) is 14.1. The van der Waals surface area contributed by atoms with Crippen LogP contribution in [0.25, 0.3) is 0 Å². The van der Waals surface area contributed by atoms with E-state index in [4.69, 9.17) is 17.7 Å². The van der Waals surface area contributed by atoms with Crippen LogP contribution in [-0.2, 0) is 17.7 Å². The van der Waals surface area contributed by atoms with E-state index >= 15 is 0 Å². The van der Waals surface area contributed by atoms with Crippen LogP contribution < -0.4 is 0 Å². The van der Waals surface area contributed by atoms with Crippen LogP contribution in [-0.4, -0.2) is 43.5 Å². The predicted octanol–water partition coefficient (Wildman–Crippen LogP) is 5.55. The lowest BCUT2D eigenvalue weighted by molar-refractivity contribution is 0.0637. The van der Waals surface area contributed by atoms with E-state index < -0.39 is 17.1 Å². The van der Waals surface area contributed by atoms with E-state index in [1.165, 1.54) is 19.3 Å². The van der Waals surface area contributed by atoms with E-state index in [1.54, 1.807) is 0 Å². The van der Waals surface area contributed by atoms with Gasteiger partial charge in [0.05, 0.1) is 0 Å². The Labute approximate surface area is 153 Å². The zero-order valence-corrected chi connectivity index (χ0v) is 19.3. The van der Waals surface area contributed by atoms with Crippen molar-refractivity contribution in [2.45, 2.75) is 91.4 Å². The molecule has 24 heavy (non-hydrogen) atoms. The Morgan fingerprint density at radius 1 is 0.625 bits per heavy atom. The van der Waals surface area contributed by atoms with Gasteiger partial charge in [0.2, 0.25) is 0 Å². The highest BCUT2D eigenvalue weighted by atomic mass is 28.4. The van der Waals surface area contributed by atoms with Crippen LogP contribution in [0.1, 0.15) is 74.1 Å². The van der Waals surface area contributed by atoms with Gasteiger partial charge < -0.3 is 17.7 Å². The molecule has 0 aliphatic heterocycles. The molecule has 1 unspecified atom stereocenters. The van der Waals surface area contributed by atoms with Crippen molar-refractivity contribution >= 4 is 17.1 Å². The Morgan fingerprint density at radius 2 is 1.08 bits per heavy atom. The second-order valence-electron chi connectivity index (χ2n) is 6.16. The van der Waals surface area contributed by atoms with Gasteiger partial charge in [0.1, 0.15) is 0 Å². The molecule has 0 saturated heterocycles. The summed E-state index contributed by atoms with van der Waals surface area (Å²) in [4.78, 5) is 0. The fourth-order valence-electron chi connectivity index (χ4n) is 3.73. The molecule has 0 fully saturated rings. The Morgan fingerprint density at radius 3 is 1.42 bits per heavy atom. The highest BCUT2D eigenvalue weighted by Gasteiger charge is 2.59. The summed E-state index contributed by atoms with van der Waals surface area (Å²) in [5.41, 5.74) is 0. The first-order chi connectivity index (χ1) is 11.6. The zero-order valence-electron chi connectivity index (χ0n) is 17.3. The molecule has 0 N–H and O–H groups in total. The third kappa shape index (κ3) is 6.54. The number of unbranched alkanes of at least 4 members (excludes halogenated alkanes) is 2. The minimum Gasteiger partial charge on any atom is -0.417 e. The Balaban J connectivity index is 5.86. The second kappa shape index (κ2) is 13.5. The summed E-state index contributed by atoms with van der Waals surface area (Å²) in [6, 6.07) is 2.19. The van der Waals surface area contributed by atoms with Gasteiger partial charge >= 0.3 is 8.80 Å². The second-order valence-corrected chi connectivity index (χ2v) is 14.0. The van der Waals surface area contributed by atoms with Gasteiger partial charge in [-0.05, 0) is 46.2 Å². The van der Waals surface area contributed by atoms with E-state index in [0.717, 1.165) is 25.1 Å². The summed E-state index contributed by atoms with van der Waals surface area (Å²) in [6.45, 7) is 17.7. The maximum Gasteiger partial charge on any atom is 0.503 e. The SMILES string of the molecule is CCCCCC([Si](CC)(CC)OCC)[Si](OCC)(OCC)OCC. The molecular formula is C18H42O4Si2. The van der Waals surface area contributed by atoms with Crippen LogP contribution in [0.5, 0.6) is 0 Å². The molecule has 0 saturated carbocycles. The molecule has 0 radical (unpaired) electrons. The average molecular weight is 379 g/mol. The molecule has 0 aromatic heterocycles. The van der Waals surface area contributed by atoms with Crippen molar-refractivity contribution in [3.63, 3.8) is 0 Å². The maximum absolute atomic E-state index is 6.50. The van der Waals surface area contributed by atoms with Crippen molar-refractivity contribution in [2.75, 3.05) is 26.4 Å². The van der Waals surface area contributed by atoms with Gasteiger partial charge in [-0.3, -0.25) is 0 Å². The minimum atomic E-state index is -2.75. The maximum atomic E-state index is 6.50. The predicted molar refractivity (Wildman–Crippen MR) is 107 cm³/mol. The summed E-state index contributed by atoms with van der Waals surface area (Å²) in [6.07, 6.45) is 4.77. The Bertz CT molecular complexity index is 282. The first-order valence-electron chi connectivity index (χ1n) is 10.1. The first-order valence-corrected chi connectivity index (χ1v) is 14.3. The molecule has 0 bridgehead atoms. The van der Waals surface area contributed by atoms with Gasteiger partial charge in [-0.15, -0.1) is 0 Å². The van der Waals surface area contributed by atoms with Gasteiger partial charge in [-0.2, -0.15) is 0 Å². The molecule has 0 heterocycles. The third-order valence-electron chi connectivity index (χ3n) is 4.82. The molecular weight excluding hydrogens is 336 g/mol. The van der Waals surface area contributed by atoms with E-state index in [1.807, 2.05) is 20.8 Å². The number of rotatable bonds is 16. The van der Waals surface area contributed by atoms with Crippen molar-refractivity contribution in [2.24, 2.45) is 0 Å². The summed E-state index contributed by atoms with van der Waals surface area (Å²) in [5.74, 6) is 0. The van der Waals surface area contributed by atoms with Crippen LogP contribution in [0.4, 0.5) is 0 Å². The summed E-state index contributed by atoms with van der Waals surface area (Å²) >= 11 is 0. The molecule has 0 aliphatic carbocycles. The van der Waals surface area contributed by atoms with Crippen molar-refractivity contribution in [1.29, 1.82) is 0 Å². The largest absolute Gasteiger partial charge is 0.503 e. The van der Waals surface area contributed by atoms with E-state index in [-0.39, 0.29) is 0 Å². The lowest BCUT2D eigenvalue weighted by Gasteiger charge is -2.44. The number of hydrogen-bond donors (Lipinski definition) is 0. The third-order valence-corrected chi connectivity index (χ3v) is 15.5. The molecule has 0 spiro atoms. The van der Waals surface area contributed by atoms with Crippen molar-refractivity contribution < 1.29 is 17.7 Å². The lowest BCUT2D eigenvalue weighted by Crippen LogP contribution is -2.61. The highest BCUT2D eigenvalue weighted by Crippen LogP contribution is 2.43. The Kier molecular flexibility index (Phi) is 13.6. The quantitative estimate of drug-likeness (QED) is 0.261. The number of hydrogen-bond acceptors (Lipinski definition) is 4. The molecule has 0 aromatic rings. The monoisotopic (exact) mass is 378 g/mol. The van der Waals surface area contributed by atoms with Crippen LogP contribution >= 0.6 is 0 Å². The van der Waals surface area contributed by atoms with Gasteiger partial charge in [-0.25, -0.2) is 0 Å². The van der Waals surface area contributed by atoms with Crippen LogP contribution in [0.15, 0.2) is 0 Å². The molecule has 146 valence electrons. The average Bonchev–Trinajstić information content (AvgIpc) is 2.58. The van der Waals surface area contributed by atoms with E-state index in [0.29, 0.717) is 25.0 Å². The molecule has 0 aliphatic rings. The fraction of sp³-hybridized carbons (Fsp3) is 1.00. The van der Waals surface area contributed by atoms with Crippen LogP contribution in [0, 0.1) is 0 Å². The molecule has 0 rings (SSSR count). The fourth-order valence-corrected chi connectivity index (χ4v) is 14.5. The minimum absolute atomic E-state index is 0.325. The molecule has 1 atom stereocenters. The zero-order chi connectivity index (χ0) is 18.5. The summed E-state index contributed by atoms with van der Waals surface area (Å²) in [7, 11) is -4.74. The summed E-state index contributed by atoms with van der Waals surface area (Å²) < 4.78 is 25.4. The molecule has 0 aromatic carbocycles. The van der Waals surface area contributed by atoms with Gasteiger partial charge in [0, 0.05) is 31.6 Å². The topological polar surface area (TPSA) is 36.9 Å². The lowest BCUT2D eigenvalue weighted by atomic mass is 10.2. The smallest absolute Gasteiger partial charge is 0.417 e. The van der Waals surface area contributed by atoms with Crippen molar-refractivity contribution in [1.82, 2.24) is 0 Å². The van der Waals surface area contributed by atoms with Crippen molar-refractivity contribution in [3.8, 4) is 0 Å².